The van der Waals surface area contributed by atoms with Crippen LogP contribution in [0.1, 0.15) is 0 Å². The summed E-state index contributed by atoms with van der Waals surface area (Å²) in [5.74, 6) is -0.320. The number of hydrogen-bond acceptors (Lipinski definition) is 3. The third kappa shape index (κ3) is 2.37. The fraction of sp³-hybridized carbons (Fsp3) is 0. The molecule has 0 spiro atoms. The van der Waals surface area contributed by atoms with Gasteiger partial charge in [0.25, 0.3) is 0 Å². The molecule has 2 unspecified atom stereocenters. The molecule has 0 saturated heterocycles. The van der Waals surface area contributed by atoms with Crippen molar-refractivity contribution in [3.05, 3.63) is 30.3 Å². The molecule has 17 heavy (non-hydrogen) atoms. The fourth-order valence-corrected chi connectivity index (χ4v) is 2.37. The Bertz CT molecular complexity index is 638. The Morgan fingerprint density at radius 2 is 1.59 bits per heavy atom. The Kier molecular flexibility index (Phi) is 3.25. The first kappa shape index (κ1) is 12.2. The zero-order valence-corrected chi connectivity index (χ0v) is 9.99. The summed E-state index contributed by atoms with van der Waals surface area (Å²) in [5.41, 5.74) is 0. The van der Waals surface area contributed by atoms with Crippen LogP contribution in [0.3, 0.4) is 0 Å². The zero-order valence-electron chi connectivity index (χ0n) is 8.36. The number of fused-ring (bicyclic) bond motifs is 1. The topological polar surface area (TPSA) is 94.8 Å². The molecular weight excluding hydrogens is 264 g/mol. The smallest absolute Gasteiger partial charge is 0.190 e. The van der Waals surface area contributed by atoms with E-state index in [4.69, 9.17) is 9.11 Å². The third-order valence-electron chi connectivity index (χ3n) is 2.28. The van der Waals surface area contributed by atoms with Crippen LogP contribution in [0.4, 0.5) is 0 Å². The van der Waals surface area contributed by atoms with E-state index in [1.165, 1.54) is 24.3 Å². The van der Waals surface area contributed by atoms with Crippen molar-refractivity contribution < 1.29 is 22.6 Å². The van der Waals surface area contributed by atoms with Crippen molar-refractivity contribution in [2.45, 2.75) is 9.79 Å². The first-order valence-electron chi connectivity index (χ1n) is 4.47. The van der Waals surface area contributed by atoms with E-state index in [0.717, 1.165) is 0 Å². The van der Waals surface area contributed by atoms with Crippen LogP contribution in [0.15, 0.2) is 40.1 Å². The van der Waals surface area contributed by atoms with Gasteiger partial charge in [-0.2, -0.15) is 0 Å². The van der Waals surface area contributed by atoms with Crippen LogP contribution in [0.5, 0.6) is 5.75 Å². The minimum absolute atomic E-state index is 0.0876. The Hall–Kier alpha value is -1.28. The standard InChI is InChI=1S/C10H8O5S2/c11-9-4-7-3-8(16(12)13)2-1-6(7)5-10(9)17(14)15/h1-5,11H,(H,12,13)(H,14,15). The molecule has 0 radical (unpaired) electrons. The van der Waals surface area contributed by atoms with E-state index < -0.39 is 22.2 Å². The summed E-state index contributed by atoms with van der Waals surface area (Å²) in [6.45, 7) is 0. The highest BCUT2D eigenvalue weighted by atomic mass is 32.2. The van der Waals surface area contributed by atoms with Gasteiger partial charge < -0.3 is 14.2 Å². The Balaban J connectivity index is 2.70. The van der Waals surface area contributed by atoms with Crippen LogP contribution in [0, 0.1) is 0 Å². The second-order valence-electron chi connectivity index (χ2n) is 3.33. The summed E-state index contributed by atoms with van der Waals surface area (Å²) >= 11 is -4.37. The lowest BCUT2D eigenvalue weighted by Crippen LogP contribution is -1.91. The van der Waals surface area contributed by atoms with Crippen LogP contribution < -0.4 is 0 Å². The number of aromatic hydroxyl groups is 1. The number of phenols is 1. The van der Waals surface area contributed by atoms with Crippen molar-refractivity contribution in [3.8, 4) is 5.75 Å². The molecule has 0 aliphatic heterocycles. The Morgan fingerprint density at radius 1 is 0.882 bits per heavy atom. The molecule has 0 aliphatic rings. The monoisotopic (exact) mass is 272 g/mol. The molecular formula is C10H8O5S2. The van der Waals surface area contributed by atoms with Crippen molar-refractivity contribution in [2.75, 3.05) is 0 Å². The molecule has 2 aromatic rings. The first-order valence-corrected chi connectivity index (χ1v) is 6.69. The molecule has 2 rings (SSSR count). The second kappa shape index (κ2) is 4.53. The minimum Gasteiger partial charge on any atom is -0.507 e. The number of hydrogen-bond donors (Lipinski definition) is 3. The van der Waals surface area contributed by atoms with Crippen LogP contribution in [-0.4, -0.2) is 22.6 Å². The van der Waals surface area contributed by atoms with Gasteiger partial charge in [0.1, 0.15) is 10.6 Å². The average molecular weight is 272 g/mol. The first-order chi connectivity index (χ1) is 7.99. The molecule has 90 valence electrons. The van der Waals surface area contributed by atoms with Gasteiger partial charge in [-0.1, -0.05) is 6.07 Å². The van der Waals surface area contributed by atoms with Gasteiger partial charge in [-0.15, -0.1) is 0 Å². The maximum absolute atomic E-state index is 10.9. The van der Waals surface area contributed by atoms with Gasteiger partial charge in [-0.25, -0.2) is 8.42 Å². The Labute approximate surface area is 102 Å². The molecule has 3 N–H and O–H groups in total. The van der Waals surface area contributed by atoms with Gasteiger partial charge in [0.15, 0.2) is 22.2 Å². The summed E-state index contributed by atoms with van der Waals surface area (Å²) in [6.07, 6.45) is 0. The largest absolute Gasteiger partial charge is 0.507 e. The summed E-state index contributed by atoms with van der Waals surface area (Å²) in [6, 6.07) is 7.09. The molecule has 0 fully saturated rings. The Morgan fingerprint density at radius 3 is 2.18 bits per heavy atom. The van der Waals surface area contributed by atoms with Gasteiger partial charge in [0.2, 0.25) is 0 Å². The molecule has 0 saturated carbocycles. The minimum atomic E-state index is -2.27. The highest BCUT2D eigenvalue weighted by Gasteiger charge is 2.10. The fourth-order valence-electron chi connectivity index (χ4n) is 1.49. The van der Waals surface area contributed by atoms with E-state index in [0.29, 0.717) is 10.8 Å². The molecule has 0 amide bonds. The summed E-state index contributed by atoms with van der Waals surface area (Å²) in [7, 11) is 0. The summed E-state index contributed by atoms with van der Waals surface area (Å²) in [4.78, 5) is 0.116. The molecule has 0 aliphatic carbocycles. The predicted molar refractivity (Wildman–Crippen MR) is 63.7 cm³/mol. The lowest BCUT2D eigenvalue weighted by molar-refractivity contribution is 0.458. The highest BCUT2D eigenvalue weighted by Crippen LogP contribution is 2.28. The summed E-state index contributed by atoms with van der Waals surface area (Å²) in [5, 5.41) is 10.6. The molecule has 5 nitrogen and oxygen atoms in total. The van der Waals surface area contributed by atoms with E-state index in [2.05, 4.69) is 0 Å². The SMILES string of the molecule is O=S(O)c1ccc2cc(S(=O)O)c(O)cc2c1. The van der Waals surface area contributed by atoms with Crippen molar-refractivity contribution in [2.24, 2.45) is 0 Å². The lowest BCUT2D eigenvalue weighted by Gasteiger charge is -2.04. The van der Waals surface area contributed by atoms with Crippen molar-refractivity contribution >= 4 is 32.9 Å². The normalized spacial score (nSPS) is 14.7. The number of phenolic OH excluding ortho intramolecular Hbond substituents is 1. The third-order valence-corrected chi connectivity index (χ3v) is 3.64. The second-order valence-corrected chi connectivity index (χ2v) is 5.24. The van der Waals surface area contributed by atoms with Crippen LogP contribution in [0.25, 0.3) is 10.8 Å². The van der Waals surface area contributed by atoms with Crippen molar-refractivity contribution in [3.63, 3.8) is 0 Å². The van der Waals surface area contributed by atoms with Gasteiger partial charge in [-0.05, 0) is 35.0 Å². The van der Waals surface area contributed by atoms with Gasteiger partial charge >= 0.3 is 0 Å². The molecule has 0 aromatic heterocycles. The average Bonchev–Trinajstić information content (AvgIpc) is 2.26. The molecule has 2 atom stereocenters. The summed E-state index contributed by atoms with van der Waals surface area (Å²) < 4.78 is 39.6. The van der Waals surface area contributed by atoms with E-state index >= 15 is 0 Å². The van der Waals surface area contributed by atoms with Crippen LogP contribution in [-0.2, 0) is 22.2 Å². The van der Waals surface area contributed by atoms with Gasteiger partial charge in [0, 0.05) is 0 Å². The number of benzene rings is 2. The van der Waals surface area contributed by atoms with E-state index in [-0.39, 0.29) is 15.5 Å². The van der Waals surface area contributed by atoms with E-state index in [9.17, 15) is 13.5 Å². The lowest BCUT2D eigenvalue weighted by atomic mass is 10.1. The van der Waals surface area contributed by atoms with Gasteiger partial charge in [-0.3, -0.25) is 0 Å². The predicted octanol–water partition coefficient (Wildman–Crippen LogP) is 1.71. The molecule has 0 heterocycles. The molecule has 0 bridgehead atoms. The van der Waals surface area contributed by atoms with Gasteiger partial charge in [0.05, 0.1) is 4.90 Å². The quantitative estimate of drug-likeness (QED) is 0.723. The number of rotatable bonds is 2. The maximum Gasteiger partial charge on any atom is 0.190 e. The van der Waals surface area contributed by atoms with E-state index in [1.807, 2.05) is 0 Å². The van der Waals surface area contributed by atoms with Crippen molar-refractivity contribution in [1.29, 1.82) is 0 Å². The van der Waals surface area contributed by atoms with Crippen molar-refractivity contribution in [1.82, 2.24) is 0 Å². The molecule has 2 aromatic carbocycles. The highest BCUT2D eigenvalue weighted by molar-refractivity contribution is 7.79. The van der Waals surface area contributed by atoms with Crippen LogP contribution in [0.2, 0.25) is 0 Å². The zero-order chi connectivity index (χ0) is 12.6. The molecule has 7 heteroatoms. The maximum atomic E-state index is 10.9. The van der Waals surface area contributed by atoms with E-state index in [1.54, 1.807) is 6.07 Å². The van der Waals surface area contributed by atoms with Crippen LogP contribution >= 0.6 is 0 Å².